The number of para-hydroxylation sites is 1. The number of fused-ring (bicyclic) bond motifs is 1. The van der Waals surface area contributed by atoms with Gasteiger partial charge in [-0.3, -0.25) is 4.79 Å². The molecule has 0 spiro atoms. The molecule has 2 rings (SSSR count). The zero-order chi connectivity index (χ0) is 15.4. The molecule has 0 saturated carbocycles. The maximum atomic E-state index is 11.9. The minimum Gasteiger partial charge on any atom is -0.467 e. The summed E-state index contributed by atoms with van der Waals surface area (Å²) >= 11 is 0. The smallest absolute Gasteiger partial charge is 0.328 e. The molecule has 1 aromatic carbocycles. The van der Waals surface area contributed by atoms with Gasteiger partial charge in [-0.2, -0.15) is 4.98 Å². The largest absolute Gasteiger partial charge is 0.467 e. The van der Waals surface area contributed by atoms with Crippen LogP contribution in [0, 0.1) is 5.92 Å². The van der Waals surface area contributed by atoms with E-state index < -0.39 is 17.6 Å². The average molecular weight is 290 g/mol. The Balaban J connectivity index is 2.37. The van der Waals surface area contributed by atoms with Gasteiger partial charge in [0.1, 0.15) is 11.6 Å². The van der Waals surface area contributed by atoms with Crippen LogP contribution < -0.4 is 10.9 Å². The first-order valence-corrected chi connectivity index (χ1v) is 6.81. The van der Waals surface area contributed by atoms with Crippen molar-refractivity contribution in [1.82, 2.24) is 4.98 Å². The molecule has 6 nitrogen and oxygen atoms in total. The van der Waals surface area contributed by atoms with Gasteiger partial charge in [-0.25, -0.2) is 4.79 Å². The predicted molar refractivity (Wildman–Crippen MR) is 79.2 cm³/mol. The van der Waals surface area contributed by atoms with Crippen LogP contribution in [0.4, 0.5) is 6.01 Å². The molecule has 0 aliphatic heterocycles. The highest BCUT2D eigenvalue weighted by atomic mass is 16.5. The highest BCUT2D eigenvalue weighted by Gasteiger charge is 2.26. The fourth-order valence-electron chi connectivity index (χ4n) is 2.00. The molecule has 0 fully saturated rings. The van der Waals surface area contributed by atoms with Gasteiger partial charge in [0.25, 0.3) is 11.6 Å². The second-order valence-electron chi connectivity index (χ2n) is 4.85. The van der Waals surface area contributed by atoms with Gasteiger partial charge in [-0.05, 0) is 18.1 Å². The third-order valence-corrected chi connectivity index (χ3v) is 3.47. The first kappa shape index (κ1) is 15.0. The normalized spacial score (nSPS) is 13.7. The highest BCUT2D eigenvalue weighted by Crippen LogP contribution is 2.17. The number of nitrogens with one attached hydrogen (secondary N) is 1. The molecule has 1 aromatic heterocycles. The Labute approximate surface area is 122 Å². The summed E-state index contributed by atoms with van der Waals surface area (Å²) in [6, 6.07) is 6.24. The number of benzene rings is 1. The predicted octanol–water partition coefficient (Wildman–Crippen LogP) is 2.19. The lowest BCUT2D eigenvalue weighted by Crippen LogP contribution is -2.37. The van der Waals surface area contributed by atoms with Crippen LogP contribution in [-0.2, 0) is 9.53 Å². The second kappa shape index (κ2) is 6.39. The van der Waals surface area contributed by atoms with Crippen LogP contribution in [0.15, 0.2) is 33.5 Å². The Hall–Kier alpha value is -2.37. The summed E-state index contributed by atoms with van der Waals surface area (Å²) in [5, 5.41) is 3.26. The third kappa shape index (κ3) is 3.21. The maximum absolute atomic E-state index is 11.9. The van der Waals surface area contributed by atoms with Gasteiger partial charge in [-0.1, -0.05) is 32.4 Å². The van der Waals surface area contributed by atoms with E-state index in [1.54, 1.807) is 24.3 Å². The van der Waals surface area contributed by atoms with Crippen LogP contribution in [0.1, 0.15) is 20.3 Å². The van der Waals surface area contributed by atoms with Crippen molar-refractivity contribution in [1.29, 1.82) is 0 Å². The summed E-state index contributed by atoms with van der Waals surface area (Å²) in [7, 11) is 1.32. The molecule has 0 radical (unpaired) electrons. The number of hydrogen-bond acceptors (Lipinski definition) is 6. The van der Waals surface area contributed by atoms with Crippen LogP contribution in [0.5, 0.6) is 0 Å². The number of rotatable bonds is 5. The monoisotopic (exact) mass is 290 g/mol. The van der Waals surface area contributed by atoms with Crippen molar-refractivity contribution in [2.45, 2.75) is 26.3 Å². The van der Waals surface area contributed by atoms with Crippen molar-refractivity contribution < 1.29 is 13.9 Å². The van der Waals surface area contributed by atoms with Gasteiger partial charge in [0.2, 0.25) is 0 Å². The Bertz CT molecular complexity index is 695. The van der Waals surface area contributed by atoms with Crippen molar-refractivity contribution >= 4 is 23.0 Å². The Morgan fingerprint density at radius 1 is 1.43 bits per heavy atom. The fourth-order valence-corrected chi connectivity index (χ4v) is 2.00. The summed E-state index contributed by atoms with van der Waals surface area (Å²) in [5.41, 5.74) is 0.0277. The number of ether oxygens (including phenoxy) is 1. The van der Waals surface area contributed by atoms with E-state index in [4.69, 9.17) is 9.15 Å². The van der Waals surface area contributed by atoms with Gasteiger partial charge in [-0.15, -0.1) is 0 Å². The molecule has 2 aromatic rings. The van der Waals surface area contributed by atoms with E-state index >= 15 is 0 Å². The summed E-state index contributed by atoms with van der Waals surface area (Å²) in [6.07, 6.45) is 0.768. The molecule has 0 saturated heterocycles. The first-order chi connectivity index (χ1) is 10.1. The van der Waals surface area contributed by atoms with Crippen molar-refractivity contribution in [3.05, 3.63) is 34.6 Å². The molecule has 0 amide bonds. The minimum atomic E-state index is -0.614. The number of esters is 1. The van der Waals surface area contributed by atoms with Crippen LogP contribution in [0.25, 0.3) is 11.0 Å². The van der Waals surface area contributed by atoms with Crippen molar-refractivity contribution in [3.63, 3.8) is 0 Å². The number of aromatic nitrogens is 1. The molecular weight excluding hydrogens is 272 g/mol. The number of anilines is 1. The fraction of sp³-hybridized carbons (Fsp3) is 0.400. The summed E-state index contributed by atoms with van der Waals surface area (Å²) < 4.78 is 10.3. The summed E-state index contributed by atoms with van der Waals surface area (Å²) in [6.45, 7) is 3.88. The maximum Gasteiger partial charge on any atom is 0.328 e. The molecule has 2 atom stereocenters. The van der Waals surface area contributed by atoms with Gasteiger partial charge in [0, 0.05) is 0 Å². The average Bonchev–Trinajstić information content (AvgIpc) is 2.51. The number of nitrogens with zero attached hydrogens (tertiary/aromatic N) is 1. The lowest BCUT2D eigenvalue weighted by Gasteiger charge is -2.21. The summed E-state index contributed by atoms with van der Waals surface area (Å²) in [4.78, 5) is 27.6. The van der Waals surface area contributed by atoms with Crippen LogP contribution in [-0.4, -0.2) is 24.1 Å². The number of carbonyl (C=O) groups excluding carboxylic acids is 1. The third-order valence-electron chi connectivity index (χ3n) is 3.47. The molecule has 0 bridgehead atoms. The molecular formula is C15H18N2O4. The molecule has 112 valence electrons. The number of hydrogen-bond donors (Lipinski definition) is 1. The van der Waals surface area contributed by atoms with E-state index in [2.05, 4.69) is 10.3 Å². The lowest BCUT2D eigenvalue weighted by molar-refractivity contribution is -0.142. The van der Waals surface area contributed by atoms with Crippen LogP contribution in [0.2, 0.25) is 0 Å². The van der Waals surface area contributed by atoms with Gasteiger partial charge in [0.15, 0.2) is 0 Å². The van der Waals surface area contributed by atoms with Crippen LogP contribution >= 0.6 is 0 Å². The van der Waals surface area contributed by atoms with E-state index in [9.17, 15) is 9.59 Å². The molecule has 21 heavy (non-hydrogen) atoms. The Kier molecular flexibility index (Phi) is 4.57. The quantitative estimate of drug-likeness (QED) is 0.850. The molecule has 0 aliphatic carbocycles. The Morgan fingerprint density at radius 3 is 2.81 bits per heavy atom. The van der Waals surface area contributed by atoms with E-state index in [-0.39, 0.29) is 11.9 Å². The van der Waals surface area contributed by atoms with E-state index in [0.29, 0.717) is 11.0 Å². The molecule has 1 N–H and O–H groups in total. The van der Waals surface area contributed by atoms with Crippen molar-refractivity contribution in [2.75, 3.05) is 12.4 Å². The summed E-state index contributed by atoms with van der Waals surface area (Å²) in [5.74, 6) is -0.405. The zero-order valence-electron chi connectivity index (χ0n) is 12.3. The SMILES string of the molecule is CC[C@H](C)[C@H](Nc1nc(=O)c2ccccc2o1)C(=O)OC. The van der Waals surface area contributed by atoms with Gasteiger partial charge in [0.05, 0.1) is 12.5 Å². The molecule has 0 unspecified atom stereocenters. The molecule has 6 heteroatoms. The topological polar surface area (TPSA) is 81.4 Å². The van der Waals surface area contributed by atoms with Crippen molar-refractivity contribution in [2.24, 2.45) is 5.92 Å². The van der Waals surface area contributed by atoms with Gasteiger partial charge >= 0.3 is 5.97 Å². The van der Waals surface area contributed by atoms with E-state index in [1.165, 1.54) is 7.11 Å². The minimum absolute atomic E-state index is 0.0102. The van der Waals surface area contributed by atoms with E-state index in [1.807, 2.05) is 13.8 Å². The van der Waals surface area contributed by atoms with E-state index in [0.717, 1.165) is 6.42 Å². The van der Waals surface area contributed by atoms with Crippen LogP contribution in [0.3, 0.4) is 0 Å². The Morgan fingerprint density at radius 2 is 2.14 bits per heavy atom. The molecule has 1 heterocycles. The first-order valence-electron chi connectivity index (χ1n) is 6.81. The lowest BCUT2D eigenvalue weighted by atomic mass is 9.99. The number of carbonyl (C=O) groups is 1. The highest BCUT2D eigenvalue weighted by molar-refractivity contribution is 5.79. The molecule has 0 aliphatic rings. The number of methoxy groups -OCH3 is 1. The second-order valence-corrected chi connectivity index (χ2v) is 4.85. The zero-order valence-corrected chi connectivity index (χ0v) is 12.3. The van der Waals surface area contributed by atoms with Gasteiger partial charge < -0.3 is 14.5 Å². The van der Waals surface area contributed by atoms with Crippen molar-refractivity contribution in [3.8, 4) is 0 Å². The standard InChI is InChI=1S/C15H18N2O4/c1-4-9(2)12(14(19)20-3)16-15-17-13(18)10-7-5-6-8-11(10)21-15/h5-9,12H,4H2,1-3H3,(H,16,17,18)/t9-,12-/m0/s1.